The Morgan fingerprint density at radius 2 is 1.72 bits per heavy atom. The molecule has 0 N–H and O–H groups in total. The van der Waals surface area contributed by atoms with E-state index in [0.29, 0.717) is 31.7 Å². The van der Waals surface area contributed by atoms with Crippen LogP contribution < -0.4 is 0 Å². The van der Waals surface area contributed by atoms with Gasteiger partial charge in [-0.05, 0) is 35.5 Å². The van der Waals surface area contributed by atoms with Crippen LogP contribution in [0.2, 0.25) is 0 Å². The second kappa shape index (κ2) is 8.66. The van der Waals surface area contributed by atoms with E-state index in [9.17, 15) is 26.7 Å². The highest BCUT2D eigenvalue weighted by Crippen LogP contribution is 2.36. The summed E-state index contributed by atoms with van der Waals surface area (Å²) < 4.78 is 61.4. The molecule has 1 saturated heterocycles. The van der Waals surface area contributed by atoms with Crippen molar-refractivity contribution >= 4 is 23.7 Å². The number of nitrogens with zero attached hydrogens (tertiary/aromatic N) is 2. The molecule has 0 spiro atoms. The van der Waals surface area contributed by atoms with Gasteiger partial charge in [0.15, 0.2) is 0 Å². The van der Waals surface area contributed by atoms with Crippen LogP contribution in [0.1, 0.15) is 5.56 Å². The summed E-state index contributed by atoms with van der Waals surface area (Å²) in [6, 6.07) is 5.67. The zero-order valence-electron chi connectivity index (χ0n) is 13.2. The molecule has 1 aliphatic heterocycles. The van der Waals surface area contributed by atoms with Gasteiger partial charge in [0.05, 0.1) is 6.54 Å². The zero-order valence-corrected chi connectivity index (χ0v) is 14.0. The van der Waals surface area contributed by atoms with E-state index in [1.54, 1.807) is 9.80 Å². The molecule has 0 atom stereocenters. The molecule has 1 aromatic rings. The molecule has 25 heavy (non-hydrogen) atoms. The number of amides is 1. The van der Waals surface area contributed by atoms with Gasteiger partial charge in [-0.2, -0.15) is 13.2 Å². The highest BCUT2D eigenvalue weighted by molar-refractivity contribution is 8.00. The molecule has 1 heterocycles. The number of benzene rings is 1. The Labute approximate surface area is 146 Å². The Hall–Kier alpha value is -1.61. The summed E-state index contributed by atoms with van der Waals surface area (Å²) in [4.78, 5) is 15.3. The smallest absolute Gasteiger partial charge is 0.337 e. The van der Waals surface area contributed by atoms with E-state index in [4.69, 9.17) is 0 Å². The predicted octanol–water partition coefficient (Wildman–Crippen LogP) is 3.72. The molecular formula is C16H17F5N2OS. The molecule has 1 amide bonds. The number of thioether (sulfide) groups is 1. The van der Waals surface area contributed by atoms with Crippen molar-refractivity contribution in [2.24, 2.45) is 0 Å². The van der Waals surface area contributed by atoms with Crippen molar-refractivity contribution in [3.8, 4) is 0 Å². The number of piperazine rings is 1. The number of hydrogen-bond acceptors (Lipinski definition) is 3. The van der Waals surface area contributed by atoms with Crippen LogP contribution in [0.25, 0.3) is 6.08 Å². The van der Waals surface area contributed by atoms with Crippen molar-refractivity contribution in [1.82, 2.24) is 9.80 Å². The lowest BCUT2D eigenvalue weighted by Gasteiger charge is -2.33. The molecule has 0 bridgehead atoms. The lowest BCUT2D eigenvalue weighted by Crippen LogP contribution is -2.49. The number of carbonyl (C=O) groups is 1. The molecule has 0 radical (unpaired) electrons. The molecule has 9 heteroatoms. The summed E-state index contributed by atoms with van der Waals surface area (Å²) >= 11 is -0.196. The number of halogens is 5. The van der Waals surface area contributed by atoms with Crippen molar-refractivity contribution in [2.75, 3.05) is 32.7 Å². The largest absolute Gasteiger partial charge is 0.446 e. The molecule has 138 valence electrons. The molecule has 1 aliphatic rings. The number of carbonyl (C=O) groups excluding carboxylic acids is 1. The van der Waals surface area contributed by atoms with Gasteiger partial charge in [-0.1, -0.05) is 12.1 Å². The molecule has 1 fully saturated rings. The van der Waals surface area contributed by atoms with Gasteiger partial charge in [-0.3, -0.25) is 9.69 Å². The maximum Gasteiger partial charge on any atom is 0.446 e. The number of hydrogen-bond donors (Lipinski definition) is 0. The molecule has 0 saturated carbocycles. The topological polar surface area (TPSA) is 23.6 Å². The maximum atomic E-state index is 12.3. The van der Waals surface area contributed by atoms with Crippen molar-refractivity contribution in [1.29, 1.82) is 0 Å². The van der Waals surface area contributed by atoms with Crippen LogP contribution in [0.4, 0.5) is 22.0 Å². The van der Waals surface area contributed by atoms with E-state index >= 15 is 0 Å². The average molecular weight is 380 g/mol. The third kappa shape index (κ3) is 7.03. The Balaban J connectivity index is 1.84. The van der Waals surface area contributed by atoms with E-state index in [0.717, 1.165) is 0 Å². The first-order valence-electron chi connectivity index (χ1n) is 7.56. The van der Waals surface area contributed by atoms with Gasteiger partial charge in [-0.15, -0.1) is 0 Å². The third-order valence-electron chi connectivity index (χ3n) is 3.61. The minimum atomic E-state index is -4.33. The SMILES string of the molecule is O=C(/C=C/c1ccc(SC(F)(F)F)cc1)N1CCN(CC(F)F)CC1. The van der Waals surface area contributed by atoms with E-state index in [2.05, 4.69) is 0 Å². The van der Waals surface area contributed by atoms with Gasteiger partial charge in [0.1, 0.15) is 0 Å². The van der Waals surface area contributed by atoms with Gasteiger partial charge in [0.2, 0.25) is 5.91 Å². The van der Waals surface area contributed by atoms with Crippen LogP contribution in [0, 0.1) is 0 Å². The molecule has 1 aromatic carbocycles. The summed E-state index contributed by atoms with van der Waals surface area (Å²) in [5.74, 6) is -0.245. The summed E-state index contributed by atoms with van der Waals surface area (Å²) in [6.45, 7) is 1.24. The van der Waals surface area contributed by atoms with Crippen LogP contribution in [0.5, 0.6) is 0 Å². The Morgan fingerprint density at radius 1 is 1.12 bits per heavy atom. The van der Waals surface area contributed by atoms with Crippen molar-refractivity contribution in [3.05, 3.63) is 35.9 Å². The molecule has 0 aliphatic carbocycles. The van der Waals surface area contributed by atoms with Crippen molar-refractivity contribution in [2.45, 2.75) is 16.8 Å². The highest BCUT2D eigenvalue weighted by Gasteiger charge is 2.29. The van der Waals surface area contributed by atoms with Crippen LogP contribution in [0.15, 0.2) is 35.2 Å². The van der Waals surface area contributed by atoms with Gasteiger partial charge in [-0.25, -0.2) is 8.78 Å². The minimum Gasteiger partial charge on any atom is -0.337 e. The lowest BCUT2D eigenvalue weighted by molar-refractivity contribution is -0.127. The Kier molecular flexibility index (Phi) is 6.83. The Bertz CT molecular complexity index is 596. The first-order chi connectivity index (χ1) is 11.7. The fraction of sp³-hybridized carbons (Fsp3) is 0.438. The van der Waals surface area contributed by atoms with Crippen LogP contribution >= 0.6 is 11.8 Å². The summed E-state index contributed by atoms with van der Waals surface area (Å²) in [5.41, 5.74) is -3.73. The van der Waals surface area contributed by atoms with E-state index in [1.165, 1.54) is 36.4 Å². The van der Waals surface area contributed by atoms with E-state index in [-0.39, 0.29) is 29.1 Å². The maximum absolute atomic E-state index is 12.3. The van der Waals surface area contributed by atoms with Crippen molar-refractivity contribution in [3.63, 3.8) is 0 Å². The first kappa shape index (κ1) is 19.7. The van der Waals surface area contributed by atoms with Gasteiger partial charge in [0, 0.05) is 37.2 Å². The second-order valence-electron chi connectivity index (χ2n) is 5.47. The van der Waals surface area contributed by atoms with Crippen LogP contribution in [-0.4, -0.2) is 60.4 Å². The average Bonchev–Trinajstić information content (AvgIpc) is 2.52. The normalized spacial score (nSPS) is 16.8. The van der Waals surface area contributed by atoms with Gasteiger partial charge in [0.25, 0.3) is 6.43 Å². The number of rotatable bonds is 5. The molecule has 0 unspecified atom stereocenters. The zero-order chi connectivity index (χ0) is 18.4. The molecule has 0 aromatic heterocycles. The van der Waals surface area contributed by atoms with Gasteiger partial charge < -0.3 is 4.90 Å². The predicted molar refractivity (Wildman–Crippen MR) is 86.4 cm³/mol. The summed E-state index contributed by atoms with van der Waals surface area (Å²) in [6.07, 6.45) is 0.477. The van der Waals surface area contributed by atoms with Crippen LogP contribution in [0.3, 0.4) is 0 Å². The van der Waals surface area contributed by atoms with E-state index in [1.807, 2.05) is 0 Å². The minimum absolute atomic E-state index is 0.0751. The molecule has 2 rings (SSSR count). The molecule has 3 nitrogen and oxygen atoms in total. The quantitative estimate of drug-likeness (QED) is 0.442. The third-order valence-corrected chi connectivity index (χ3v) is 4.35. The lowest BCUT2D eigenvalue weighted by atomic mass is 10.2. The van der Waals surface area contributed by atoms with Crippen molar-refractivity contribution < 1.29 is 26.7 Å². The Morgan fingerprint density at radius 3 is 2.24 bits per heavy atom. The first-order valence-corrected chi connectivity index (χ1v) is 8.38. The van der Waals surface area contributed by atoms with E-state index < -0.39 is 11.9 Å². The highest BCUT2D eigenvalue weighted by atomic mass is 32.2. The fourth-order valence-corrected chi connectivity index (χ4v) is 2.94. The molecular weight excluding hydrogens is 363 g/mol. The standard InChI is InChI=1S/C16H17F5N2OS/c17-14(18)11-22-7-9-23(10-8-22)15(24)6-3-12-1-4-13(5-2-12)25-16(19,20)21/h1-6,14H,7-11H2/b6-3+. The summed E-state index contributed by atoms with van der Waals surface area (Å²) in [7, 11) is 0. The summed E-state index contributed by atoms with van der Waals surface area (Å²) in [5, 5.41) is 0. The number of alkyl halides is 5. The van der Waals surface area contributed by atoms with Crippen LogP contribution in [-0.2, 0) is 4.79 Å². The second-order valence-corrected chi connectivity index (χ2v) is 6.61. The monoisotopic (exact) mass is 380 g/mol. The fourth-order valence-electron chi connectivity index (χ4n) is 2.40. The van der Waals surface area contributed by atoms with Gasteiger partial charge >= 0.3 is 5.51 Å².